The van der Waals surface area contributed by atoms with Gasteiger partial charge in [-0.1, -0.05) is 41.9 Å². The van der Waals surface area contributed by atoms with Gasteiger partial charge in [0.15, 0.2) is 5.70 Å². The number of rotatable bonds is 7. The summed E-state index contributed by atoms with van der Waals surface area (Å²) < 4.78 is 13.2. The fraction of sp³-hybridized carbons (Fsp3) is 0.269. The molecule has 8 nitrogen and oxygen atoms in total. The third kappa shape index (κ3) is 4.48. The van der Waals surface area contributed by atoms with Gasteiger partial charge in [0.2, 0.25) is 11.6 Å². The maximum absolute atomic E-state index is 13.6. The standard InChI is InChI=1S/C26H27FN7O/c1-19(20-8-4-2-5-9-20)29-26-28-15-14-23(30-26)25-24(21-10-12-22(27)13-11-21)31-32-34(25,18-35)33-16-6-3-7-17-33/h2,4-5,8-15,18-19H,3,6-7,16-17H2,1H3,(H,28,29,30)/q+1/t19?,34-/m0/s1. The average molecular weight is 473 g/mol. The Balaban J connectivity index is 1.59. The van der Waals surface area contributed by atoms with Gasteiger partial charge >= 0.3 is 6.41 Å². The van der Waals surface area contributed by atoms with Crippen molar-refractivity contribution >= 4 is 23.8 Å². The number of nitrogens with zero attached hydrogens (tertiary/aromatic N) is 6. The Hall–Kier alpha value is -3.82. The smallest absolute Gasteiger partial charge is 0.348 e. The molecule has 1 saturated heterocycles. The van der Waals surface area contributed by atoms with E-state index >= 15 is 0 Å². The molecule has 1 N–H and O–H groups in total. The highest BCUT2D eigenvalue weighted by Crippen LogP contribution is 2.42. The second-order valence-electron chi connectivity index (χ2n) is 8.70. The minimum absolute atomic E-state index is 0.0256. The van der Waals surface area contributed by atoms with Crippen molar-refractivity contribution in [2.45, 2.75) is 32.2 Å². The summed E-state index contributed by atoms with van der Waals surface area (Å²) >= 11 is 0. The van der Waals surface area contributed by atoms with Gasteiger partial charge in [-0.05, 0) is 60.4 Å². The fourth-order valence-corrected chi connectivity index (χ4v) is 4.55. The molecule has 0 bridgehead atoms. The van der Waals surface area contributed by atoms with Crippen molar-refractivity contribution in [3.8, 4) is 0 Å². The lowest BCUT2D eigenvalue weighted by molar-refractivity contribution is -0.908. The van der Waals surface area contributed by atoms with E-state index in [1.807, 2.05) is 42.3 Å². The highest BCUT2D eigenvalue weighted by Gasteiger charge is 2.50. The molecule has 2 aromatic carbocycles. The number of nitrogens with one attached hydrogen (secondary N) is 1. The first-order chi connectivity index (χ1) is 17.1. The number of quaternary nitrogens is 1. The van der Waals surface area contributed by atoms with Gasteiger partial charge in [-0.3, -0.25) is 0 Å². The van der Waals surface area contributed by atoms with Crippen molar-refractivity contribution in [2.24, 2.45) is 10.3 Å². The molecule has 2 aliphatic heterocycles. The zero-order valence-corrected chi connectivity index (χ0v) is 19.5. The summed E-state index contributed by atoms with van der Waals surface area (Å²) in [6.07, 6.45) is 5.49. The van der Waals surface area contributed by atoms with Crippen LogP contribution in [0.4, 0.5) is 10.3 Å². The lowest BCUT2D eigenvalue weighted by atomic mass is 10.1. The van der Waals surface area contributed by atoms with Gasteiger partial charge in [0, 0.05) is 11.8 Å². The van der Waals surface area contributed by atoms with Gasteiger partial charge in [0.25, 0.3) is 0 Å². The molecule has 1 fully saturated rings. The van der Waals surface area contributed by atoms with E-state index in [0.717, 1.165) is 31.2 Å². The Kier molecular flexibility index (Phi) is 6.43. The number of halogens is 1. The van der Waals surface area contributed by atoms with Crippen LogP contribution in [0.25, 0.3) is 11.4 Å². The third-order valence-corrected chi connectivity index (χ3v) is 6.41. The predicted octanol–water partition coefficient (Wildman–Crippen LogP) is 5.37. The van der Waals surface area contributed by atoms with E-state index in [9.17, 15) is 9.18 Å². The van der Waals surface area contributed by atoms with Crippen molar-refractivity contribution in [1.29, 1.82) is 0 Å². The van der Waals surface area contributed by atoms with Crippen molar-refractivity contribution in [3.05, 3.63) is 89.5 Å². The quantitative estimate of drug-likeness (QED) is 0.369. The summed E-state index contributed by atoms with van der Waals surface area (Å²) in [5, 5.41) is 14.2. The Morgan fingerprint density at radius 3 is 2.49 bits per heavy atom. The molecule has 35 heavy (non-hydrogen) atoms. The van der Waals surface area contributed by atoms with Gasteiger partial charge < -0.3 is 5.32 Å². The SMILES string of the molecule is CC(Nc1nccc(C2=C(c3ccc(F)cc3)N=N[N@@+]2(C=O)N2CCCCC2)n1)c1ccccc1. The summed E-state index contributed by atoms with van der Waals surface area (Å²) in [6, 6.07) is 17.8. The normalized spacial score (nSPS) is 21.2. The highest BCUT2D eigenvalue weighted by molar-refractivity contribution is 5.88. The summed E-state index contributed by atoms with van der Waals surface area (Å²) in [5.41, 5.74) is 3.32. The lowest BCUT2D eigenvalue weighted by Crippen LogP contribution is -2.55. The van der Waals surface area contributed by atoms with Crippen LogP contribution in [-0.2, 0) is 4.79 Å². The number of hydrogen-bond acceptors (Lipinski definition) is 7. The van der Waals surface area contributed by atoms with Crippen molar-refractivity contribution in [2.75, 3.05) is 18.4 Å². The van der Waals surface area contributed by atoms with E-state index in [2.05, 4.69) is 20.6 Å². The Morgan fingerprint density at radius 1 is 1.03 bits per heavy atom. The monoisotopic (exact) mass is 472 g/mol. The molecule has 9 heteroatoms. The van der Waals surface area contributed by atoms with E-state index in [1.165, 1.54) is 12.1 Å². The molecular weight excluding hydrogens is 445 g/mol. The van der Waals surface area contributed by atoms with Crippen LogP contribution < -0.4 is 5.32 Å². The average Bonchev–Trinajstić information content (AvgIpc) is 3.31. The summed E-state index contributed by atoms with van der Waals surface area (Å²) in [6.45, 7) is 3.45. The van der Waals surface area contributed by atoms with E-state index in [0.29, 0.717) is 41.7 Å². The zero-order valence-electron chi connectivity index (χ0n) is 19.5. The summed E-state index contributed by atoms with van der Waals surface area (Å²) in [7, 11) is 0. The molecule has 2 atom stereocenters. The molecule has 5 rings (SSSR count). The molecule has 2 aliphatic rings. The number of anilines is 1. The molecule has 0 radical (unpaired) electrons. The van der Waals surface area contributed by atoms with Gasteiger partial charge in [-0.2, -0.15) is 0 Å². The topological polar surface area (TPSA) is 82.8 Å². The minimum atomic E-state index is -0.419. The largest absolute Gasteiger partial charge is 0.354 e. The number of amides is 1. The van der Waals surface area contributed by atoms with Crippen molar-refractivity contribution < 1.29 is 13.9 Å². The second-order valence-corrected chi connectivity index (χ2v) is 8.70. The molecule has 1 aromatic heterocycles. The molecule has 1 unspecified atom stereocenters. The molecular formula is C26H27FN7O+. The first-order valence-corrected chi connectivity index (χ1v) is 11.8. The van der Waals surface area contributed by atoms with Crippen LogP contribution in [0.1, 0.15) is 49.0 Å². The highest BCUT2D eigenvalue weighted by atomic mass is 19.1. The maximum Gasteiger partial charge on any atom is 0.354 e. The first-order valence-electron chi connectivity index (χ1n) is 11.8. The van der Waals surface area contributed by atoms with Gasteiger partial charge in [0.05, 0.1) is 24.4 Å². The molecule has 178 valence electrons. The third-order valence-electron chi connectivity index (χ3n) is 6.41. The summed E-state index contributed by atoms with van der Waals surface area (Å²) in [4.78, 5) is 21.9. The van der Waals surface area contributed by atoms with Crippen molar-refractivity contribution in [3.63, 3.8) is 0 Å². The Morgan fingerprint density at radius 2 is 1.77 bits per heavy atom. The van der Waals surface area contributed by atoms with Crippen LogP contribution in [0.15, 0.2) is 77.2 Å². The number of hydrogen-bond donors (Lipinski definition) is 1. The molecule has 0 saturated carbocycles. The lowest BCUT2D eigenvalue weighted by Gasteiger charge is -2.35. The van der Waals surface area contributed by atoms with Crippen molar-refractivity contribution in [1.82, 2.24) is 15.0 Å². The maximum atomic E-state index is 13.6. The van der Waals surface area contributed by atoms with E-state index in [1.54, 1.807) is 24.4 Å². The number of aromatic nitrogens is 2. The zero-order chi connectivity index (χ0) is 24.3. The molecule has 3 aromatic rings. The van der Waals surface area contributed by atoms with Gasteiger partial charge in [-0.15, -0.1) is 5.01 Å². The van der Waals surface area contributed by atoms with Crippen LogP contribution in [-0.4, -0.2) is 39.2 Å². The van der Waals surface area contributed by atoms with Crippen LogP contribution >= 0.6 is 0 Å². The van der Waals surface area contributed by atoms with Crippen LogP contribution in [0.2, 0.25) is 0 Å². The van der Waals surface area contributed by atoms with Crippen LogP contribution in [0.3, 0.4) is 0 Å². The Bertz CT molecular complexity index is 1260. The van der Waals surface area contributed by atoms with E-state index in [-0.39, 0.29) is 11.9 Å². The fourth-order valence-electron chi connectivity index (χ4n) is 4.55. The second kappa shape index (κ2) is 9.81. The molecule has 3 heterocycles. The minimum Gasteiger partial charge on any atom is -0.348 e. The molecule has 1 amide bonds. The number of piperidine rings is 1. The van der Waals surface area contributed by atoms with Gasteiger partial charge in [-0.25, -0.2) is 19.2 Å². The first kappa shape index (κ1) is 22.9. The predicted molar refractivity (Wildman–Crippen MR) is 130 cm³/mol. The number of carbonyl (C=O) groups is 1. The molecule has 0 aliphatic carbocycles. The van der Waals surface area contributed by atoms with E-state index in [4.69, 9.17) is 4.98 Å². The summed E-state index contributed by atoms with van der Waals surface area (Å²) in [5.74, 6) is 0.0841. The van der Waals surface area contributed by atoms with Crippen LogP contribution in [0, 0.1) is 5.82 Å². The van der Waals surface area contributed by atoms with Gasteiger partial charge in [0.1, 0.15) is 11.5 Å². The van der Waals surface area contributed by atoms with Crippen LogP contribution in [0.5, 0.6) is 0 Å². The Labute approximate surface area is 203 Å². The number of carbonyl (C=O) groups excluding carboxylic acids is 1. The van der Waals surface area contributed by atoms with E-state index < -0.39 is 4.70 Å². The molecule has 0 spiro atoms. The number of benzene rings is 2.